The van der Waals surface area contributed by atoms with Gasteiger partial charge in [0.25, 0.3) is 0 Å². The lowest BCUT2D eigenvalue weighted by Crippen LogP contribution is -2.81. The number of benzene rings is 2. The van der Waals surface area contributed by atoms with Gasteiger partial charge in [-0.05, 0) is 18.2 Å². The zero-order valence-corrected chi connectivity index (χ0v) is 11.3. The predicted molar refractivity (Wildman–Crippen MR) is 74.4 cm³/mol. The van der Waals surface area contributed by atoms with E-state index in [2.05, 4.69) is 4.36 Å². The Hall–Kier alpha value is -2.55. The molecule has 3 aromatic rings. The summed E-state index contributed by atoms with van der Waals surface area (Å²) in [5.41, 5.74) is 0.893. The molecule has 3 rings (SSSR count). The molecule has 0 unspecified atom stereocenters. The number of amides is 1. The van der Waals surface area contributed by atoms with Crippen LogP contribution in [0.25, 0.3) is 21.9 Å². The van der Waals surface area contributed by atoms with Gasteiger partial charge in [0.2, 0.25) is 0 Å². The van der Waals surface area contributed by atoms with E-state index in [9.17, 15) is 18.4 Å². The van der Waals surface area contributed by atoms with Gasteiger partial charge in [-0.15, -0.1) is 4.36 Å². The molecular weight excluding hydrogens is 296 g/mol. The summed E-state index contributed by atoms with van der Waals surface area (Å²) in [5, 5.41) is 11.9. The minimum atomic E-state index is -2.73. The summed E-state index contributed by atoms with van der Waals surface area (Å²) in [6.45, 7) is 0. The lowest BCUT2D eigenvalue weighted by molar-refractivity contribution is -0.481. The molecule has 8 heteroatoms. The smallest absolute Gasteiger partial charge is 0.345 e. The van der Waals surface area contributed by atoms with Crippen molar-refractivity contribution in [2.24, 2.45) is 4.36 Å². The number of hydroxylamine groups is 1. The predicted octanol–water partition coefficient (Wildman–Crippen LogP) is 1.48. The molecule has 0 aliphatic rings. The first-order valence-corrected chi connectivity index (χ1v) is 6.90. The molecule has 1 aromatic heterocycles. The summed E-state index contributed by atoms with van der Waals surface area (Å²) >= 11 is 0. The maximum atomic E-state index is 11.9. The van der Waals surface area contributed by atoms with Crippen molar-refractivity contribution in [3.05, 3.63) is 47.2 Å². The number of carbonyl (C=O) groups is 1. The summed E-state index contributed by atoms with van der Waals surface area (Å²) < 4.78 is 30.5. The van der Waals surface area contributed by atoms with Crippen molar-refractivity contribution in [3.63, 3.8) is 0 Å². The zero-order chi connectivity index (χ0) is 15.0. The third-order valence-electron chi connectivity index (χ3n) is 3.05. The van der Waals surface area contributed by atoms with E-state index in [1.54, 1.807) is 24.3 Å². The highest BCUT2D eigenvalue weighted by atomic mass is 32.2. The number of nitrogens with two attached hydrogens (primary N) is 1. The third-order valence-corrected chi connectivity index (χ3v) is 3.39. The van der Waals surface area contributed by atoms with Crippen molar-refractivity contribution in [1.82, 2.24) is 0 Å². The normalized spacial score (nSPS) is 10.9. The fourth-order valence-corrected chi connectivity index (χ4v) is 2.58. The maximum absolute atomic E-state index is 11.9. The molecule has 0 aliphatic carbocycles. The van der Waals surface area contributed by atoms with Crippen LogP contribution in [0.1, 0.15) is 10.4 Å². The van der Waals surface area contributed by atoms with Crippen molar-refractivity contribution >= 4 is 44.0 Å². The molecule has 0 bridgehead atoms. The Bertz CT molecular complexity index is 996. The molecule has 0 aliphatic heterocycles. The molecule has 2 N–H and O–H groups in total. The van der Waals surface area contributed by atoms with Crippen LogP contribution < -0.4 is 5.48 Å². The number of nitrogens with zero attached hydrogens (tertiary/aromatic N) is 1. The molecule has 0 saturated heterocycles. The highest BCUT2D eigenvalue weighted by Gasteiger charge is 2.21. The number of fused-ring (bicyclic) bond motifs is 3. The maximum Gasteiger partial charge on any atom is 0.345 e. The highest BCUT2D eigenvalue weighted by Crippen LogP contribution is 2.35. The lowest BCUT2D eigenvalue weighted by atomic mass is 10.0. The summed E-state index contributed by atoms with van der Waals surface area (Å²) in [7, 11) is -2.73. The molecule has 106 valence electrons. The number of hydrogen-bond acceptors (Lipinski definition) is 6. The van der Waals surface area contributed by atoms with Crippen molar-refractivity contribution < 1.29 is 23.1 Å². The molecule has 21 heavy (non-hydrogen) atoms. The first-order valence-electron chi connectivity index (χ1n) is 5.86. The number of carbonyl (C=O) groups excluding carboxylic acids is 1. The Labute approximate surface area is 119 Å². The van der Waals surface area contributed by atoms with Crippen LogP contribution in [0, 0.1) is 5.21 Å². The van der Waals surface area contributed by atoms with Crippen LogP contribution in [0.2, 0.25) is 0 Å². The van der Waals surface area contributed by atoms with E-state index in [0.717, 1.165) is 0 Å². The minimum Gasteiger partial charge on any atom is -0.628 e. The molecule has 1 amide bonds. The van der Waals surface area contributed by atoms with Crippen molar-refractivity contribution in [1.29, 1.82) is 0 Å². The van der Waals surface area contributed by atoms with E-state index in [-0.39, 0.29) is 16.7 Å². The molecule has 0 fully saturated rings. The van der Waals surface area contributed by atoms with Gasteiger partial charge >= 0.3 is 16.4 Å². The third kappa shape index (κ3) is 2.21. The van der Waals surface area contributed by atoms with Crippen LogP contribution >= 0.6 is 0 Å². The second-order valence-electron chi connectivity index (χ2n) is 4.22. The SMILES string of the molecule is O=C([NH2+][O-])c1c(N=S(=O)=O)ccc2oc3ccccc3c12. The summed E-state index contributed by atoms with van der Waals surface area (Å²) in [6, 6.07) is 9.81. The van der Waals surface area contributed by atoms with E-state index in [4.69, 9.17) is 4.42 Å². The number of hydrogen-bond donors (Lipinski definition) is 1. The van der Waals surface area contributed by atoms with Crippen LogP contribution in [-0.4, -0.2) is 14.3 Å². The molecular formula is C13H8N2O5S. The zero-order valence-electron chi connectivity index (χ0n) is 10.4. The number of furan rings is 1. The molecule has 1 heterocycles. The van der Waals surface area contributed by atoms with Crippen molar-refractivity contribution in [2.45, 2.75) is 0 Å². The van der Waals surface area contributed by atoms with Gasteiger partial charge in [-0.1, -0.05) is 18.2 Å². The number of quaternary nitrogens is 1. The summed E-state index contributed by atoms with van der Waals surface area (Å²) in [5.74, 6) is -0.851. The molecule has 0 saturated carbocycles. The highest BCUT2D eigenvalue weighted by molar-refractivity contribution is 7.61. The van der Waals surface area contributed by atoms with Gasteiger partial charge in [0.1, 0.15) is 16.7 Å². The average molecular weight is 304 g/mol. The number of para-hydroxylation sites is 1. The van der Waals surface area contributed by atoms with Crippen molar-refractivity contribution in [2.75, 3.05) is 0 Å². The Kier molecular flexibility index (Phi) is 3.26. The monoisotopic (exact) mass is 304 g/mol. The number of primary amides is 1. The lowest BCUT2D eigenvalue weighted by Gasteiger charge is -2.04. The Balaban J connectivity index is 2.53. The van der Waals surface area contributed by atoms with E-state index in [1.165, 1.54) is 12.1 Å². The molecule has 0 spiro atoms. The van der Waals surface area contributed by atoms with Gasteiger partial charge in [0.15, 0.2) is 0 Å². The second-order valence-corrected chi connectivity index (χ2v) is 4.84. The average Bonchev–Trinajstić information content (AvgIpc) is 2.84. The fraction of sp³-hybridized carbons (Fsp3) is 0. The van der Waals surface area contributed by atoms with E-state index >= 15 is 0 Å². The van der Waals surface area contributed by atoms with Crippen LogP contribution in [0.15, 0.2) is 45.2 Å². The number of rotatable bonds is 2. The van der Waals surface area contributed by atoms with Crippen LogP contribution in [0.5, 0.6) is 0 Å². The molecule has 2 aromatic carbocycles. The van der Waals surface area contributed by atoms with Crippen molar-refractivity contribution in [3.8, 4) is 0 Å². The van der Waals surface area contributed by atoms with Gasteiger partial charge in [-0.25, -0.2) is 4.79 Å². The first kappa shape index (κ1) is 13.4. The Morgan fingerprint density at radius 3 is 2.62 bits per heavy atom. The Morgan fingerprint density at radius 1 is 1.14 bits per heavy atom. The topological polar surface area (TPSA) is 116 Å². The van der Waals surface area contributed by atoms with E-state index in [0.29, 0.717) is 21.9 Å². The molecule has 0 radical (unpaired) electrons. The van der Waals surface area contributed by atoms with Gasteiger partial charge < -0.3 is 15.1 Å². The largest absolute Gasteiger partial charge is 0.628 e. The fourth-order valence-electron chi connectivity index (χ4n) is 2.27. The first-order chi connectivity index (χ1) is 10.1. The molecule has 0 atom stereocenters. The standard InChI is InChI=1S/C13H8N2O5S/c16-13(14-17)12-8(15-21(18)19)5-6-10-11(12)7-3-1-2-4-9(7)20-10/h1-6H,14H2. The van der Waals surface area contributed by atoms with Gasteiger partial charge in [0.05, 0.1) is 5.69 Å². The second kappa shape index (κ2) is 5.09. The van der Waals surface area contributed by atoms with Crippen LogP contribution in [0.4, 0.5) is 5.69 Å². The minimum absolute atomic E-state index is 0.0725. The van der Waals surface area contributed by atoms with Crippen LogP contribution in [0.3, 0.4) is 0 Å². The van der Waals surface area contributed by atoms with Gasteiger partial charge in [-0.3, -0.25) is 0 Å². The quantitative estimate of drug-likeness (QED) is 0.720. The van der Waals surface area contributed by atoms with E-state index < -0.39 is 16.4 Å². The van der Waals surface area contributed by atoms with Crippen LogP contribution in [-0.2, 0) is 10.5 Å². The van der Waals surface area contributed by atoms with E-state index in [1.807, 2.05) is 0 Å². The van der Waals surface area contributed by atoms with Gasteiger partial charge in [-0.2, -0.15) is 8.42 Å². The summed E-state index contributed by atoms with van der Waals surface area (Å²) in [4.78, 5) is 11.9. The van der Waals surface area contributed by atoms with Gasteiger partial charge in [0, 0.05) is 10.8 Å². The Morgan fingerprint density at radius 2 is 1.90 bits per heavy atom. The summed E-state index contributed by atoms with van der Waals surface area (Å²) in [6.07, 6.45) is 0. The molecule has 7 nitrogen and oxygen atoms in total.